The Morgan fingerprint density at radius 3 is 2.50 bits per heavy atom. The first-order valence-electron chi connectivity index (χ1n) is 5.30. The average Bonchev–Trinajstić information content (AvgIpc) is 2.19. The normalized spacial score (nSPS) is 13.4. The van der Waals surface area contributed by atoms with Crippen molar-refractivity contribution < 1.29 is 0 Å². The molecule has 0 unspecified atom stereocenters. The molecule has 0 amide bonds. The quantitative estimate of drug-likeness (QED) is 0.451. The Labute approximate surface area is 104 Å². The Morgan fingerprint density at radius 1 is 1.31 bits per heavy atom. The van der Waals surface area contributed by atoms with Gasteiger partial charge in [-0.1, -0.05) is 29.7 Å². The zero-order valence-electron chi connectivity index (χ0n) is 10.3. The number of anilines is 1. The van der Waals surface area contributed by atoms with Crippen LogP contribution in [0.3, 0.4) is 0 Å². The second kappa shape index (κ2) is 4.24. The van der Waals surface area contributed by atoms with Gasteiger partial charge in [-0.25, -0.2) is 9.16 Å². The van der Waals surface area contributed by atoms with Gasteiger partial charge in [0, 0.05) is 16.3 Å². The van der Waals surface area contributed by atoms with Crippen LogP contribution in [-0.4, -0.2) is 24.5 Å². The zero-order chi connectivity index (χ0) is 12.4. The van der Waals surface area contributed by atoms with Gasteiger partial charge < -0.3 is 5.73 Å². The van der Waals surface area contributed by atoms with Crippen LogP contribution in [0.25, 0.3) is 0 Å². The van der Waals surface area contributed by atoms with Crippen LogP contribution < -0.4 is 5.73 Å². The summed E-state index contributed by atoms with van der Waals surface area (Å²) in [5, 5.41) is 4.09. The Hall–Kier alpha value is -0.780. The van der Waals surface area contributed by atoms with Gasteiger partial charge in [-0.05, 0) is 42.7 Å². The lowest BCUT2D eigenvalue weighted by molar-refractivity contribution is 1.48. The van der Waals surface area contributed by atoms with E-state index in [9.17, 15) is 0 Å². The fourth-order valence-corrected chi connectivity index (χ4v) is 1.85. The van der Waals surface area contributed by atoms with Crippen molar-refractivity contribution in [3.05, 3.63) is 28.8 Å². The van der Waals surface area contributed by atoms with Crippen LogP contribution in [0.15, 0.2) is 18.2 Å². The van der Waals surface area contributed by atoms with E-state index < -0.39 is 9.16 Å². The molecule has 16 heavy (non-hydrogen) atoms. The molecule has 0 saturated carbocycles. The molecule has 0 aromatic heterocycles. The predicted octanol–water partition coefficient (Wildman–Crippen LogP) is 3.21. The van der Waals surface area contributed by atoms with E-state index in [4.69, 9.17) is 17.3 Å². The maximum atomic E-state index is 5.92. The van der Waals surface area contributed by atoms with E-state index in [1.807, 2.05) is 6.07 Å². The number of benzene rings is 1. The standard InChI is InChI=1S/C13H20ClNS/c1-5-16(2,3,4)9-8-11-10-12(14)6-7-13(11)15/h6-7,10,16H,5,15H2,1-4H3. The molecular formula is C13H20ClNS. The molecule has 90 valence electrons. The summed E-state index contributed by atoms with van der Waals surface area (Å²) in [6, 6.07) is 5.41. The van der Waals surface area contributed by atoms with Crippen LogP contribution in [-0.2, 0) is 0 Å². The van der Waals surface area contributed by atoms with E-state index in [0.717, 1.165) is 11.3 Å². The summed E-state index contributed by atoms with van der Waals surface area (Å²) in [5.41, 5.74) is 7.38. The van der Waals surface area contributed by atoms with Gasteiger partial charge in [0.2, 0.25) is 0 Å². The van der Waals surface area contributed by atoms with Crippen LogP contribution in [0, 0.1) is 11.2 Å². The summed E-state index contributed by atoms with van der Waals surface area (Å²) >= 11 is 5.92. The van der Waals surface area contributed by atoms with Crippen molar-refractivity contribution >= 4 is 26.4 Å². The van der Waals surface area contributed by atoms with Crippen molar-refractivity contribution in [2.24, 2.45) is 0 Å². The highest BCUT2D eigenvalue weighted by Crippen LogP contribution is 2.57. The fraction of sp³-hybridized carbons (Fsp3) is 0.385. The minimum absolute atomic E-state index is 0.679. The Morgan fingerprint density at radius 2 is 1.94 bits per heavy atom. The molecule has 1 aromatic carbocycles. The summed E-state index contributed by atoms with van der Waals surface area (Å²) in [4.78, 5) is 0. The van der Waals surface area contributed by atoms with Gasteiger partial charge >= 0.3 is 0 Å². The molecule has 0 spiro atoms. The molecule has 0 bridgehead atoms. The van der Waals surface area contributed by atoms with Crippen molar-refractivity contribution in [3.8, 4) is 11.2 Å². The molecule has 1 nitrogen and oxygen atoms in total. The van der Waals surface area contributed by atoms with E-state index >= 15 is 0 Å². The van der Waals surface area contributed by atoms with E-state index in [2.05, 4.69) is 36.9 Å². The smallest absolute Gasteiger partial charge is 0.0497 e. The fourth-order valence-electron chi connectivity index (χ4n) is 0.983. The number of rotatable bonds is 1. The third kappa shape index (κ3) is 3.66. The van der Waals surface area contributed by atoms with Crippen molar-refractivity contribution in [2.75, 3.05) is 30.3 Å². The largest absolute Gasteiger partial charge is 0.398 e. The van der Waals surface area contributed by atoms with E-state index in [1.165, 1.54) is 0 Å². The molecule has 1 rings (SSSR count). The number of hydrogen-bond donors (Lipinski definition) is 2. The molecule has 3 heteroatoms. The molecule has 0 aliphatic heterocycles. The molecule has 0 saturated heterocycles. The molecule has 0 aliphatic carbocycles. The van der Waals surface area contributed by atoms with Crippen LogP contribution in [0.1, 0.15) is 12.5 Å². The molecule has 0 aliphatic rings. The summed E-state index contributed by atoms with van der Waals surface area (Å²) in [7, 11) is -1.82. The molecule has 0 radical (unpaired) electrons. The molecule has 1 aromatic rings. The number of halogens is 1. The summed E-state index contributed by atoms with van der Waals surface area (Å²) in [6.45, 7) is 2.19. The summed E-state index contributed by atoms with van der Waals surface area (Å²) in [5.74, 6) is 4.29. The van der Waals surface area contributed by atoms with Gasteiger partial charge in [0.15, 0.2) is 0 Å². The Kier molecular flexibility index (Phi) is 3.52. The first-order valence-corrected chi connectivity index (χ1v) is 9.45. The second-order valence-electron chi connectivity index (χ2n) is 5.40. The minimum atomic E-state index is -1.82. The first-order chi connectivity index (χ1) is 7.21. The van der Waals surface area contributed by atoms with Gasteiger partial charge in [0.1, 0.15) is 0 Å². The van der Waals surface area contributed by atoms with Crippen molar-refractivity contribution in [1.82, 2.24) is 0 Å². The van der Waals surface area contributed by atoms with Crippen LogP contribution >= 0.6 is 20.8 Å². The average molecular weight is 258 g/mol. The highest BCUT2D eigenvalue weighted by molar-refractivity contribution is 8.51. The van der Waals surface area contributed by atoms with Crippen molar-refractivity contribution in [1.29, 1.82) is 0 Å². The molecule has 0 heterocycles. The van der Waals surface area contributed by atoms with Gasteiger partial charge in [0.05, 0.1) is 0 Å². The van der Waals surface area contributed by atoms with E-state index in [1.54, 1.807) is 12.1 Å². The van der Waals surface area contributed by atoms with Crippen molar-refractivity contribution in [2.45, 2.75) is 6.92 Å². The lowest BCUT2D eigenvalue weighted by Gasteiger charge is -2.44. The SMILES string of the molecule is CC[SH](C)(C)(C)C#Cc1cc(Cl)ccc1N. The summed E-state index contributed by atoms with van der Waals surface area (Å²) in [6.07, 6.45) is 6.79. The minimum Gasteiger partial charge on any atom is -0.398 e. The molecular weight excluding hydrogens is 238 g/mol. The summed E-state index contributed by atoms with van der Waals surface area (Å²) < 4.78 is 0. The van der Waals surface area contributed by atoms with E-state index in [0.29, 0.717) is 10.7 Å². The highest BCUT2D eigenvalue weighted by Gasteiger charge is 2.18. The van der Waals surface area contributed by atoms with Crippen LogP contribution in [0.5, 0.6) is 0 Å². The predicted molar refractivity (Wildman–Crippen MR) is 80.0 cm³/mol. The lowest BCUT2D eigenvalue weighted by atomic mass is 10.2. The van der Waals surface area contributed by atoms with Crippen LogP contribution in [0.4, 0.5) is 5.69 Å². The van der Waals surface area contributed by atoms with Crippen LogP contribution in [0.2, 0.25) is 5.02 Å². The zero-order valence-corrected chi connectivity index (χ0v) is 12.0. The third-order valence-corrected chi connectivity index (χ3v) is 6.12. The third-order valence-electron chi connectivity index (χ3n) is 2.73. The monoisotopic (exact) mass is 257 g/mol. The number of nitrogen functional groups attached to an aromatic ring is 1. The molecule has 0 atom stereocenters. The maximum Gasteiger partial charge on any atom is 0.0497 e. The number of hydrogen-bond acceptors (Lipinski definition) is 1. The molecule has 2 N–H and O–H groups in total. The van der Waals surface area contributed by atoms with Gasteiger partial charge in [0.25, 0.3) is 0 Å². The maximum absolute atomic E-state index is 5.92. The lowest BCUT2D eigenvalue weighted by Crippen LogP contribution is -2.12. The number of nitrogens with two attached hydrogens (primary N) is 1. The number of thiol groups is 1. The Balaban J connectivity index is 3.16. The first kappa shape index (κ1) is 13.3. The van der Waals surface area contributed by atoms with E-state index in [-0.39, 0.29) is 0 Å². The Bertz CT molecular complexity index is 460. The van der Waals surface area contributed by atoms with Crippen molar-refractivity contribution in [3.63, 3.8) is 0 Å². The topological polar surface area (TPSA) is 26.0 Å². The second-order valence-corrected chi connectivity index (χ2v) is 12.9. The van der Waals surface area contributed by atoms with Gasteiger partial charge in [-0.3, -0.25) is 0 Å². The van der Waals surface area contributed by atoms with Gasteiger partial charge in [-0.2, -0.15) is 0 Å². The highest BCUT2D eigenvalue weighted by atomic mass is 35.5. The molecule has 0 fully saturated rings. The van der Waals surface area contributed by atoms with Gasteiger partial charge in [-0.15, -0.1) is 0 Å².